The molecule has 0 bridgehead atoms. The van der Waals surface area contributed by atoms with Gasteiger partial charge in [0.05, 0.1) is 18.8 Å². The van der Waals surface area contributed by atoms with E-state index in [2.05, 4.69) is 4.72 Å². The predicted molar refractivity (Wildman–Crippen MR) is 127 cm³/mol. The lowest BCUT2D eigenvalue weighted by Gasteiger charge is -2.24. The van der Waals surface area contributed by atoms with Crippen molar-refractivity contribution in [3.63, 3.8) is 0 Å². The molecule has 0 radical (unpaired) electrons. The Morgan fingerprint density at radius 1 is 0.921 bits per heavy atom. The summed E-state index contributed by atoms with van der Waals surface area (Å²) < 4.78 is 85.1. The van der Waals surface area contributed by atoms with E-state index in [-0.39, 0.29) is 24.4 Å². The van der Waals surface area contributed by atoms with Crippen molar-refractivity contribution in [2.45, 2.75) is 31.2 Å². The first-order valence-electron chi connectivity index (χ1n) is 10.9. The number of halogens is 6. The number of rotatable bonds is 9. The van der Waals surface area contributed by atoms with Gasteiger partial charge >= 0.3 is 5.97 Å². The second kappa shape index (κ2) is 11.8. The normalized spacial score (nSPS) is 11.2. The lowest BCUT2D eigenvalue weighted by Crippen LogP contribution is -2.37. The number of anilines is 1. The van der Waals surface area contributed by atoms with E-state index in [4.69, 9.17) is 5.11 Å². The van der Waals surface area contributed by atoms with E-state index >= 15 is 0 Å². The van der Waals surface area contributed by atoms with Gasteiger partial charge in [0.25, 0.3) is 0 Å². The van der Waals surface area contributed by atoms with Crippen LogP contribution >= 0.6 is 11.9 Å². The van der Waals surface area contributed by atoms with Crippen LogP contribution in [0, 0.1) is 34.9 Å². The summed E-state index contributed by atoms with van der Waals surface area (Å²) in [5, 5.41) is 19.2. The van der Waals surface area contributed by atoms with Crippen LogP contribution in [0.15, 0.2) is 41.3 Å². The van der Waals surface area contributed by atoms with Crippen LogP contribution in [0.4, 0.5) is 32.0 Å². The van der Waals surface area contributed by atoms with E-state index in [1.165, 1.54) is 0 Å². The number of carbonyl (C=O) groups is 2. The number of phenols is 1. The van der Waals surface area contributed by atoms with Crippen molar-refractivity contribution in [1.82, 2.24) is 4.72 Å². The SMILES string of the molecule is CC(C)c1ccc(CN(C(=O)CNSc2c(F)c(F)c(F)c(F)c2F)c2cc(O)c(C(=O)O)cc2F)cc1. The van der Waals surface area contributed by atoms with Gasteiger partial charge in [-0.2, -0.15) is 0 Å². The summed E-state index contributed by atoms with van der Waals surface area (Å²) in [5.74, 6) is -15.2. The zero-order chi connectivity index (χ0) is 28.3. The Kier molecular flexibility index (Phi) is 8.94. The molecule has 3 rings (SSSR count). The average Bonchev–Trinajstić information content (AvgIpc) is 2.88. The maximum Gasteiger partial charge on any atom is 0.339 e. The maximum atomic E-state index is 14.9. The van der Waals surface area contributed by atoms with Gasteiger partial charge in [0.1, 0.15) is 22.0 Å². The lowest BCUT2D eigenvalue weighted by atomic mass is 10.0. The van der Waals surface area contributed by atoms with Crippen molar-refractivity contribution >= 4 is 29.5 Å². The largest absolute Gasteiger partial charge is 0.507 e. The molecule has 0 aromatic heterocycles. The number of nitrogens with zero attached hydrogens (tertiary/aromatic N) is 1. The van der Waals surface area contributed by atoms with Crippen LogP contribution in [0.3, 0.4) is 0 Å². The van der Waals surface area contributed by atoms with Gasteiger partial charge in [0.2, 0.25) is 11.7 Å². The van der Waals surface area contributed by atoms with E-state index in [1.807, 2.05) is 13.8 Å². The molecule has 3 N–H and O–H groups in total. The molecule has 202 valence electrons. The molecular weight excluding hydrogens is 538 g/mol. The second-order valence-corrected chi connectivity index (χ2v) is 9.23. The standard InChI is InChI=1S/C25H20F6N2O4S/c1-11(2)13-5-3-12(4-6-13)10-33(16-8-17(34)14(25(36)37)7-15(16)26)18(35)9-32-38-24-22(30)20(28)19(27)21(29)23(24)31/h3-8,11,32,34H,9-10H2,1-2H3,(H,36,37). The van der Waals surface area contributed by atoms with Gasteiger partial charge in [-0.25, -0.2) is 31.1 Å². The van der Waals surface area contributed by atoms with Crippen molar-refractivity contribution in [2.75, 3.05) is 11.4 Å². The third kappa shape index (κ3) is 6.05. The van der Waals surface area contributed by atoms with Gasteiger partial charge < -0.3 is 15.1 Å². The van der Waals surface area contributed by atoms with Gasteiger partial charge in [-0.1, -0.05) is 38.1 Å². The van der Waals surface area contributed by atoms with Crippen molar-refractivity contribution in [3.8, 4) is 5.75 Å². The van der Waals surface area contributed by atoms with Crippen LogP contribution in [0.2, 0.25) is 0 Å². The summed E-state index contributed by atoms with van der Waals surface area (Å²) in [5.41, 5.74) is 0.229. The Labute approximate surface area is 217 Å². The molecule has 6 nitrogen and oxygen atoms in total. The summed E-state index contributed by atoms with van der Waals surface area (Å²) >= 11 is -0.0382. The van der Waals surface area contributed by atoms with Gasteiger partial charge in [-0.15, -0.1) is 0 Å². The van der Waals surface area contributed by atoms with E-state index in [0.717, 1.165) is 16.5 Å². The average molecular weight is 559 g/mol. The number of benzene rings is 3. The summed E-state index contributed by atoms with van der Waals surface area (Å²) in [6.07, 6.45) is 0. The van der Waals surface area contributed by atoms with Crippen LogP contribution in [-0.4, -0.2) is 28.6 Å². The van der Waals surface area contributed by atoms with Crippen LogP contribution < -0.4 is 9.62 Å². The molecule has 0 atom stereocenters. The number of carbonyl (C=O) groups excluding carboxylic acids is 1. The Bertz CT molecular complexity index is 1360. The fraction of sp³-hybridized carbons (Fsp3) is 0.200. The van der Waals surface area contributed by atoms with Gasteiger partial charge in [-0.05, 0) is 35.1 Å². The Morgan fingerprint density at radius 2 is 1.47 bits per heavy atom. The summed E-state index contributed by atoms with van der Waals surface area (Å²) in [7, 11) is 0. The second-order valence-electron chi connectivity index (χ2n) is 8.32. The van der Waals surface area contributed by atoms with Gasteiger partial charge in [0, 0.05) is 6.07 Å². The minimum Gasteiger partial charge on any atom is -0.507 e. The quantitative estimate of drug-likeness (QED) is 0.132. The van der Waals surface area contributed by atoms with Crippen molar-refractivity contribution < 1.29 is 46.1 Å². The summed E-state index contributed by atoms with van der Waals surface area (Å²) in [6.45, 7) is 2.87. The van der Waals surface area contributed by atoms with E-state index < -0.39 is 75.2 Å². The van der Waals surface area contributed by atoms with Crippen LogP contribution in [-0.2, 0) is 11.3 Å². The minimum atomic E-state index is -2.34. The van der Waals surface area contributed by atoms with E-state index in [1.54, 1.807) is 24.3 Å². The summed E-state index contributed by atoms with van der Waals surface area (Å²) in [4.78, 5) is 23.8. The molecule has 0 aliphatic rings. The predicted octanol–water partition coefficient (Wildman–Crippen LogP) is 5.88. The molecule has 38 heavy (non-hydrogen) atoms. The van der Waals surface area contributed by atoms with Crippen LogP contribution in [0.25, 0.3) is 0 Å². The molecule has 0 saturated carbocycles. The first-order chi connectivity index (χ1) is 17.8. The van der Waals surface area contributed by atoms with Crippen molar-refractivity contribution in [2.24, 2.45) is 0 Å². The molecule has 0 saturated heterocycles. The Morgan fingerprint density at radius 3 is 2.00 bits per heavy atom. The number of carboxylic acid groups (broad SMARTS) is 1. The molecule has 0 aliphatic carbocycles. The molecule has 1 amide bonds. The van der Waals surface area contributed by atoms with Gasteiger partial charge in [-0.3, -0.25) is 9.52 Å². The van der Waals surface area contributed by atoms with E-state index in [9.17, 15) is 41.0 Å². The third-order valence-corrected chi connectivity index (χ3v) is 6.29. The lowest BCUT2D eigenvalue weighted by molar-refractivity contribution is -0.117. The smallest absolute Gasteiger partial charge is 0.339 e. The monoisotopic (exact) mass is 558 g/mol. The maximum absolute atomic E-state index is 14.9. The number of hydrogen-bond acceptors (Lipinski definition) is 5. The highest BCUT2D eigenvalue weighted by atomic mass is 32.2. The highest BCUT2D eigenvalue weighted by Gasteiger charge is 2.27. The Balaban J connectivity index is 1.90. The van der Waals surface area contributed by atoms with Crippen LogP contribution in [0.1, 0.15) is 41.3 Å². The highest BCUT2D eigenvalue weighted by molar-refractivity contribution is 7.97. The number of aromatic hydroxyl groups is 1. The molecule has 0 aliphatic heterocycles. The molecule has 0 unspecified atom stereocenters. The fourth-order valence-corrected chi connectivity index (χ4v) is 4.07. The number of aromatic carboxylic acids is 1. The number of carboxylic acids is 1. The van der Waals surface area contributed by atoms with Crippen molar-refractivity contribution in [3.05, 3.63) is 88.0 Å². The molecule has 0 spiro atoms. The number of amides is 1. The Hall–Kier alpha value is -3.71. The fourth-order valence-electron chi connectivity index (χ4n) is 3.37. The van der Waals surface area contributed by atoms with E-state index in [0.29, 0.717) is 11.6 Å². The highest BCUT2D eigenvalue weighted by Crippen LogP contribution is 2.31. The summed E-state index contributed by atoms with van der Waals surface area (Å²) in [6, 6.07) is 8.14. The van der Waals surface area contributed by atoms with Crippen molar-refractivity contribution in [1.29, 1.82) is 0 Å². The third-order valence-electron chi connectivity index (χ3n) is 5.44. The first-order valence-corrected chi connectivity index (χ1v) is 11.7. The zero-order valence-corrected chi connectivity index (χ0v) is 20.6. The topological polar surface area (TPSA) is 89.9 Å². The molecule has 3 aromatic carbocycles. The number of hydrogen-bond donors (Lipinski definition) is 3. The molecular formula is C25H20F6N2O4S. The molecule has 0 heterocycles. The van der Waals surface area contributed by atoms with Crippen LogP contribution in [0.5, 0.6) is 5.75 Å². The molecule has 3 aromatic rings. The molecule has 13 heteroatoms. The first kappa shape index (κ1) is 28.9. The minimum absolute atomic E-state index is 0.0382. The number of nitrogens with one attached hydrogen (secondary N) is 1. The zero-order valence-electron chi connectivity index (χ0n) is 19.8. The van der Waals surface area contributed by atoms with Gasteiger partial charge in [0.15, 0.2) is 23.3 Å². The molecule has 0 fully saturated rings.